The Bertz CT molecular complexity index is 274. The van der Waals surface area contributed by atoms with Gasteiger partial charge in [0, 0.05) is 0 Å². The smallest absolute Gasteiger partial charge is 0.334 e. The third-order valence-corrected chi connectivity index (χ3v) is 3.96. The van der Waals surface area contributed by atoms with Crippen LogP contribution in [0.15, 0.2) is 12.2 Å². The van der Waals surface area contributed by atoms with Gasteiger partial charge in [-0.1, -0.05) is 70.4 Å². The minimum atomic E-state index is -0.942. The lowest BCUT2D eigenvalue weighted by atomic mass is 10.1. The maximum Gasteiger partial charge on any atom is 0.334 e. The van der Waals surface area contributed by atoms with Gasteiger partial charge in [-0.3, -0.25) is 0 Å². The van der Waals surface area contributed by atoms with Crippen LogP contribution in [0.2, 0.25) is 0 Å². The highest BCUT2D eigenvalue weighted by Crippen LogP contribution is 2.10. The zero-order valence-electron chi connectivity index (χ0n) is 14.7. The predicted molar refractivity (Wildman–Crippen MR) is 92.9 cm³/mol. The van der Waals surface area contributed by atoms with Crippen LogP contribution < -0.4 is 0 Å². The summed E-state index contributed by atoms with van der Waals surface area (Å²) in [4.78, 5) is 11.0. The molecule has 0 bridgehead atoms. The minimum Gasteiger partial charge on any atom is -0.467 e. The lowest BCUT2D eigenvalue weighted by molar-refractivity contribution is -0.150. The van der Waals surface area contributed by atoms with Crippen LogP contribution in [0.4, 0.5) is 0 Å². The fourth-order valence-electron chi connectivity index (χ4n) is 2.49. The number of rotatable bonds is 15. The molecule has 0 aromatic carbocycles. The first-order valence-corrected chi connectivity index (χ1v) is 9.13. The number of carbonyl (C=O) groups excluding carboxylic acids is 1. The molecule has 0 amide bonds. The first kappa shape index (κ1) is 21.2. The third kappa shape index (κ3) is 14.1. The van der Waals surface area contributed by atoms with Gasteiger partial charge in [-0.05, 0) is 32.1 Å². The van der Waals surface area contributed by atoms with Crippen molar-refractivity contribution >= 4 is 5.97 Å². The number of aliphatic hydroxyl groups is 1. The zero-order chi connectivity index (χ0) is 16.5. The molecule has 0 radical (unpaired) electrons. The number of ether oxygens (including phenoxy) is 1. The Morgan fingerprint density at radius 3 is 1.95 bits per heavy atom. The van der Waals surface area contributed by atoms with E-state index in [2.05, 4.69) is 23.8 Å². The molecule has 0 aliphatic rings. The summed E-state index contributed by atoms with van der Waals surface area (Å²) in [6, 6.07) is 0. The average Bonchev–Trinajstić information content (AvgIpc) is 2.54. The molecule has 0 heterocycles. The van der Waals surface area contributed by atoms with E-state index in [0.717, 1.165) is 25.7 Å². The van der Waals surface area contributed by atoms with Gasteiger partial charge in [0.2, 0.25) is 0 Å². The molecule has 0 aliphatic carbocycles. The molecule has 0 aliphatic heterocycles. The van der Waals surface area contributed by atoms with Crippen LogP contribution in [0, 0.1) is 0 Å². The predicted octanol–water partition coefficient (Wildman–Crippen LogP) is 5.17. The molecule has 1 N–H and O–H groups in total. The van der Waals surface area contributed by atoms with Crippen LogP contribution in [0.1, 0.15) is 90.4 Å². The van der Waals surface area contributed by atoms with Crippen molar-refractivity contribution in [3.05, 3.63) is 12.2 Å². The van der Waals surface area contributed by atoms with Gasteiger partial charge in [0.1, 0.15) is 0 Å². The van der Waals surface area contributed by atoms with Crippen molar-refractivity contribution in [1.82, 2.24) is 0 Å². The van der Waals surface area contributed by atoms with Gasteiger partial charge in [-0.25, -0.2) is 4.79 Å². The lowest BCUT2D eigenvalue weighted by Crippen LogP contribution is -2.21. The van der Waals surface area contributed by atoms with Crippen LogP contribution in [-0.4, -0.2) is 24.3 Å². The van der Waals surface area contributed by atoms with E-state index in [1.54, 1.807) is 0 Å². The van der Waals surface area contributed by atoms with E-state index >= 15 is 0 Å². The molecule has 0 saturated heterocycles. The van der Waals surface area contributed by atoms with E-state index in [4.69, 9.17) is 0 Å². The molecule has 0 unspecified atom stereocenters. The topological polar surface area (TPSA) is 46.5 Å². The van der Waals surface area contributed by atoms with Crippen LogP contribution in [0.25, 0.3) is 0 Å². The fraction of sp³-hybridized carbons (Fsp3) is 0.842. The fourth-order valence-corrected chi connectivity index (χ4v) is 2.49. The first-order chi connectivity index (χ1) is 10.7. The van der Waals surface area contributed by atoms with Crippen molar-refractivity contribution in [2.45, 2.75) is 96.5 Å². The molecule has 0 saturated carbocycles. The number of allylic oxidation sites excluding steroid dienone is 2. The maximum absolute atomic E-state index is 11.0. The van der Waals surface area contributed by atoms with Crippen molar-refractivity contribution in [3.8, 4) is 0 Å². The normalized spacial score (nSPS) is 12.7. The number of methoxy groups -OCH3 is 1. The minimum absolute atomic E-state index is 0.514. The van der Waals surface area contributed by atoms with Crippen molar-refractivity contribution in [3.63, 3.8) is 0 Å². The Hall–Kier alpha value is -0.830. The van der Waals surface area contributed by atoms with Gasteiger partial charge in [-0.2, -0.15) is 0 Å². The van der Waals surface area contributed by atoms with Gasteiger partial charge >= 0.3 is 5.97 Å². The highest BCUT2D eigenvalue weighted by molar-refractivity contribution is 5.74. The molecule has 130 valence electrons. The molecule has 0 fully saturated rings. The molecular formula is C19H36O3. The van der Waals surface area contributed by atoms with E-state index in [-0.39, 0.29) is 0 Å². The summed E-state index contributed by atoms with van der Waals surface area (Å²) in [7, 11) is 1.31. The first-order valence-electron chi connectivity index (χ1n) is 9.13. The number of esters is 1. The van der Waals surface area contributed by atoms with E-state index in [0.29, 0.717) is 6.42 Å². The number of unbranched alkanes of at least 4 members (excludes halogenated alkanes) is 10. The number of hydrogen-bond acceptors (Lipinski definition) is 3. The van der Waals surface area contributed by atoms with Crippen molar-refractivity contribution in [2.75, 3.05) is 7.11 Å². The molecule has 0 aromatic heterocycles. The molecule has 0 aromatic rings. The second kappa shape index (κ2) is 16.5. The average molecular weight is 312 g/mol. The van der Waals surface area contributed by atoms with E-state index in [1.165, 1.54) is 58.5 Å². The Balaban J connectivity index is 3.22. The summed E-state index contributed by atoms with van der Waals surface area (Å²) in [6.07, 6.45) is 19.1. The highest BCUT2D eigenvalue weighted by atomic mass is 16.5. The van der Waals surface area contributed by atoms with E-state index in [1.807, 2.05) is 0 Å². The molecule has 3 heteroatoms. The van der Waals surface area contributed by atoms with Crippen LogP contribution >= 0.6 is 0 Å². The summed E-state index contributed by atoms with van der Waals surface area (Å²) in [5.74, 6) is -0.516. The quantitative estimate of drug-likeness (QED) is 0.258. The monoisotopic (exact) mass is 312 g/mol. The van der Waals surface area contributed by atoms with E-state index < -0.39 is 12.1 Å². The molecular weight excluding hydrogens is 276 g/mol. The highest BCUT2D eigenvalue weighted by Gasteiger charge is 2.13. The lowest BCUT2D eigenvalue weighted by Gasteiger charge is -2.07. The Morgan fingerprint density at radius 2 is 1.41 bits per heavy atom. The number of aliphatic hydroxyl groups excluding tert-OH is 1. The number of hydrogen-bond donors (Lipinski definition) is 1. The summed E-state index contributed by atoms with van der Waals surface area (Å²) >= 11 is 0. The van der Waals surface area contributed by atoms with Gasteiger partial charge < -0.3 is 9.84 Å². The van der Waals surface area contributed by atoms with Gasteiger partial charge in [0.25, 0.3) is 0 Å². The SMILES string of the molecule is CCCCCCCC/C=C/CCCCCC[C@@H](O)C(=O)OC. The van der Waals surface area contributed by atoms with Crippen molar-refractivity contribution in [2.24, 2.45) is 0 Å². The maximum atomic E-state index is 11.0. The standard InChI is InChI=1S/C19H36O3/c1-3-4-5-6-7-8-9-10-11-12-13-14-15-16-17-18(20)19(21)22-2/h10-11,18,20H,3-9,12-17H2,1-2H3/b11-10+/t18-/m1/s1. The van der Waals surface area contributed by atoms with Gasteiger partial charge in [-0.15, -0.1) is 0 Å². The van der Waals surface area contributed by atoms with Crippen LogP contribution in [0.5, 0.6) is 0 Å². The Labute approximate surface area is 137 Å². The third-order valence-electron chi connectivity index (χ3n) is 3.96. The zero-order valence-corrected chi connectivity index (χ0v) is 14.7. The number of carbonyl (C=O) groups is 1. The molecule has 0 rings (SSSR count). The molecule has 22 heavy (non-hydrogen) atoms. The summed E-state index contributed by atoms with van der Waals surface area (Å²) in [5, 5.41) is 9.42. The second-order valence-electron chi connectivity index (χ2n) is 6.06. The molecule has 0 spiro atoms. The van der Waals surface area contributed by atoms with Crippen molar-refractivity contribution in [1.29, 1.82) is 0 Å². The Kier molecular flexibility index (Phi) is 15.9. The molecule has 3 nitrogen and oxygen atoms in total. The Morgan fingerprint density at radius 1 is 0.909 bits per heavy atom. The summed E-state index contributed by atoms with van der Waals surface area (Å²) < 4.78 is 4.48. The van der Waals surface area contributed by atoms with Crippen molar-refractivity contribution < 1.29 is 14.6 Å². The second-order valence-corrected chi connectivity index (χ2v) is 6.06. The van der Waals surface area contributed by atoms with E-state index in [9.17, 15) is 9.90 Å². The molecule has 1 atom stereocenters. The van der Waals surface area contributed by atoms with Gasteiger partial charge in [0.05, 0.1) is 7.11 Å². The van der Waals surface area contributed by atoms with Crippen LogP contribution in [-0.2, 0) is 9.53 Å². The largest absolute Gasteiger partial charge is 0.467 e. The van der Waals surface area contributed by atoms with Gasteiger partial charge in [0.15, 0.2) is 6.10 Å². The summed E-state index contributed by atoms with van der Waals surface area (Å²) in [6.45, 7) is 2.25. The summed E-state index contributed by atoms with van der Waals surface area (Å²) in [5.41, 5.74) is 0. The van der Waals surface area contributed by atoms with Crippen LogP contribution in [0.3, 0.4) is 0 Å².